The lowest BCUT2D eigenvalue weighted by atomic mass is 9.96. The van der Waals surface area contributed by atoms with Gasteiger partial charge in [0.25, 0.3) is 0 Å². The van der Waals surface area contributed by atoms with Crippen molar-refractivity contribution in [2.24, 2.45) is 0 Å². The van der Waals surface area contributed by atoms with Crippen molar-refractivity contribution in [3.8, 4) is 11.5 Å². The summed E-state index contributed by atoms with van der Waals surface area (Å²) < 4.78 is 10.7. The topological polar surface area (TPSA) is 35.5 Å². The van der Waals surface area contributed by atoms with Crippen molar-refractivity contribution in [1.82, 2.24) is 0 Å². The molecule has 0 amide bonds. The molecule has 0 N–H and O–H groups in total. The van der Waals surface area contributed by atoms with Crippen LogP contribution in [0, 0.1) is 6.92 Å². The van der Waals surface area contributed by atoms with Crippen molar-refractivity contribution >= 4 is 16.6 Å². The van der Waals surface area contributed by atoms with Crippen LogP contribution < -0.4 is 9.47 Å². The van der Waals surface area contributed by atoms with E-state index in [1.165, 1.54) is 0 Å². The lowest BCUT2D eigenvalue weighted by molar-refractivity contribution is 0.104. The summed E-state index contributed by atoms with van der Waals surface area (Å²) >= 11 is 0. The maximum absolute atomic E-state index is 12.9. The second-order valence-corrected chi connectivity index (χ2v) is 5.25. The predicted octanol–water partition coefficient (Wildman–Crippen LogP) is 4.27. The predicted molar refractivity (Wildman–Crippen MR) is 91.4 cm³/mol. The zero-order valence-electron chi connectivity index (χ0n) is 13.1. The highest BCUT2D eigenvalue weighted by Crippen LogP contribution is 2.32. The van der Waals surface area contributed by atoms with Crippen LogP contribution in [0.25, 0.3) is 10.8 Å². The Balaban J connectivity index is 2.20. The van der Waals surface area contributed by atoms with E-state index in [9.17, 15) is 4.79 Å². The number of ether oxygens (including phenoxy) is 2. The summed E-state index contributed by atoms with van der Waals surface area (Å²) in [5.74, 6) is 1.39. The number of carbonyl (C=O) groups excluding carboxylic acids is 1. The lowest BCUT2D eigenvalue weighted by Crippen LogP contribution is -2.03. The van der Waals surface area contributed by atoms with Crippen LogP contribution in [0.1, 0.15) is 21.5 Å². The van der Waals surface area contributed by atoms with Crippen molar-refractivity contribution in [1.29, 1.82) is 0 Å². The van der Waals surface area contributed by atoms with Gasteiger partial charge in [-0.1, -0.05) is 24.3 Å². The summed E-state index contributed by atoms with van der Waals surface area (Å²) in [7, 11) is 3.23. The molecular weight excluding hydrogens is 288 g/mol. The first-order valence-electron chi connectivity index (χ1n) is 7.25. The monoisotopic (exact) mass is 305 g/mol. The molecule has 3 aromatic carbocycles. The van der Waals surface area contributed by atoms with Crippen molar-refractivity contribution in [2.75, 3.05) is 14.2 Å². The molecule has 0 aromatic heterocycles. The van der Waals surface area contributed by atoms with Crippen LogP contribution in [0.5, 0.6) is 11.5 Å². The highest BCUT2D eigenvalue weighted by Gasteiger charge is 2.15. The van der Waals surface area contributed by atoms with Crippen LogP contribution in [0.4, 0.5) is 0 Å². The Morgan fingerprint density at radius 1 is 0.870 bits per heavy atom. The Morgan fingerprint density at radius 3 is 2.26 bits per heavy atom. The van der Waals surface area contributed by atoms with Gasteiger partial charge < -0.3 is 9.47 Å². The molecule has 3 aromatic rings. The fraction of sp³-hybridized carbons (Fsp3) is 0.100. The smallest absolute Gasteiger partial charge is 0.193 e. The third-order valence-electron chi connectivity index (χ3n) is 3.86. The van der Waals surface area contributed by atoms with Crippen molar-refractivity contribution in [2.45, 2.75) is 0 Å². The zero-order chi connectivity index (χ0) is 16.4. The molecule has 0 saturated carbocycles. The number of rotatable bonds is 4. The quantitative estimate of drug-likeness (QED) is 0.675. The molecule has 0 saturated heterocycles. The Kier molecular flexibility index (Phi) is 4.02. The molecular formula is C20H17O3. The van der Waals surface area contributed by atoms with Gasteiger partial charge in [-0.2, -0.15) is 0 Å². The molecule has 3 heteroatoms. The van der Waals surface area contributed by atoms with Crippen molar-refractivity contribution in [3.05, 3.63) is 78.2 Å². The van der Waals surface area contributed by atoms with Gasteiger partial charge in [0.1, 0.15) is 11.5 Å². The first kappa shape index (κ1) is 15.1. The number of benzene rings is 3. The fourth-order valence-corrected chi connectivity index (χ4v) is 2.61. The minimum atomic E-state index is -0.0362. The third-order valence-corrected chi connectivity index (χ3v) is 3.86. The van der Waals surface area contributed by atoms with E-state index in [4.69, 9.17) is 9.47 Å². The first-order valence-corrected chi connectivity index (χ1v) is 7.25. The average molecular weight is 305 g/mol. The highest BCUT2D eigenvalue weighted by atomic mass is 16.5. The summed E-state index contributed by atoms with van der Waals surface area (Å²) in [6.45, 7) is 3.84. The van der Waals surface area contributed by atoms with E-state index >= 15 is 0 Å². The van der Waals surface area contributed by atoms with E-state index in [0.29, 0.717) is 16.9 Å². The van der Waals surface area contributed by atoms with Crippen LogP contribution >= 0.6 is 0 Å². The minimum absolute atomic E-state index is 0.0362. The summed E-state index contributed by atoms with van der Waals surface area (Å²) in [4.78, 5) is 12.9. The molecule has 0 spiro atoms. The van der Waals surface area contributed by atoms with E-state index < -0.39 is 0 Å². The van der Waals surface area contributed by atoms with Crippen LogP contribution in [-0.2, 0) is 0 Å². The number of hydrogen-bond donors (Lipinski definition) is 0. The Hall–Kier alpha value is -2.81. The highest BCUT2D eigenvalue weighted by molar-refractivity contribution is 6.17. The Morgan fingerprint density at radius 2 is 1.61 bits per heavy atom. The van der Waals surface area contributed by atoms with Crippen LogP contribution in [0.15, 0.2) is 54.6 Å². The first-order chi connectivity index (χ1) is 11.1. The molecule has 0 heterocycles. The average Bonchev–Trinajstić information content (AvgIpc) is 2.60. The number of carbonyl (C=O) groups is 1. The standard InChI is InChI=1S/C20H17O3/c1-13-4-6-14(7-5-13)20(21)17-10-11-19(23-3)16-9-8-15(22-2)12-18(16)17/h4-12H,1H2,2-3H3. The molecule has 3 rings (SSSR count). The van der Waals surface area contributed by atoms with Crippen LogP contribution in [-0.4, -0.2) is 20.0 Å². The second kappa shape index (κ2) is 6.13. The Labute approximate surface area is 135 Å². The maximum atomic E-state index is 12.9. The van der Waals surface area contributed by atoms with Gasteiger partial charge in [0.2, 0.25) is 0 Å². The fourth-order valence-electron chi connectivity index (χ4n) is 2.61. The molecule has 0 atom stereocenters. The number of methoxy groups -OCH3 is 2. The second-order valence-electron chi connectivity index (χ2n) is 5.25. The van der Waals surface area contributed by atoms with E-state index in [1.807, 2.05) is 36.4 Å². The third kappa shape index (κ3) is 2.78. The van der Waals surface area contributed by atoms with E-state index in [0.717, 1.165) is 22.1 Å². The van der Waals surface area contributed by atoms with E-state index in [2.05, 4.69) is 6.92 Å². The van der Waals surface area contributed by atoms with E-state index in [-0.39, 0.29) is 5.78 Å². The van der Waals surface area contributed by atoms with Crippen LogP contribution in [0.2, 0.25) is 0 Å². The summed E-state index contributed by atoms with van der Waals surface area (Å²) in [5, 5.41) is 1.69. The molecule has 0 aliphatic heterocycles. The number of hydrogen-bond acceptors (Lipinski definition) is 3. The van der Waals surface area contributed by atoms with Crippen LogP contribution in [0.3, 0.4) is 0 Å². The molecule has 0 unspecified atom stereocenters. The molecule has 0 fully saturated rings. The van der Waals surface area contributed by atoms with Gasteiger partial charge in [0.05, 0.1) is 14.2 Å². The molecule has 0 aliphatic carbocycles. The molecule has 115 valence electrons. The molecule has 1 radical (unpaired) electrons. The maximum Gasteiger partial charge on any atom is 0.193 e. The van der Waals surface area contributed by atoms with Gasteiger partial charge in [-0.15, -0.1) is 0 Å². The zero-order valence-corrected chi connectivity index (χ0v) is 13.1. The lowest BCUT2D eigenvalue weighted by Gasteiger charge is -2.11. The van der Waals surface area contributed by atoms with Gasteiger partial charge in [-0.25, -0.2) is 0 Å². The summed E-state index contributed by atoms with van der Waals surface area (Å²) in [5.41, 5.74) is 2.13. The minimum Gasteiger partial charge on any atom is -0.497 e. The molecule has 3 nitrogen and oxygen atoms in total. The van der Waals surface area contributed by atoms with Gasteiger partial charge in [0, 0.05) is 21.9 Å². The van der Waals surface area contributed by atoms with E-state index in [1.54, 1.807) is 32.4 Å². The van der Waals surface area contributed by atoms with Crippen molar-refractivity contribution in [3.63, 3.8) is 0 Å². The Bertz CT molecular complexity index is 864. The number of fused-ring (bicyclic) bond motifs is 1. The summed E-state index contributed by atoms with van der Waals surface area (Å²) in [6, 6.07) is 16.5. The van der Waals surface area contributed by atoms with Gasteiger partial charge in [-0.05, 0) is 42.8 Å². The van der Waals surface area contributed by atoms with Gasteiger partial charge in [0.15, 0.2) is 5.78 Å². The molecule has 0 bridgehead atoms. The van der Waals surface area contributed by atoms with Gasteiger partial charge >= 0.3 is 0 Å². The SMILES string of the molecule is [CH2]c1ccc(C(=O)c2ccc(OC)c3ccc(OC)cc23)cc1. The normalized spacial score (nSPS) is 10.6. The largest absolute Gasteiger partial charge is 0.497 e. The molecule has 23 heavy (non-hydrogen) atoms. The summed E-state index contributed by atoms with van der Waals surface area (Å²) in [6.07, 6.45) is 0. The molecule has 0 aliphatic rings. The number of ketones is 1. The van der Waals surface area contributed by atoms with Gasteiger partial charge in [-0.3, -0.25) is 4.79 Å². The van der Waals surface area contributed by atoms with Crippen molar-refractivity contribution < 1.29 is 14.3 Å².